The molecule has 1 aliphatic rings. The summed E-state index contributed by atoms with van der Waals surface area (Å²) in [5.41, 5.74) is 3.99. The zero-order valence-corrected chi connectivity index (χ0v) is 19.1. The molecule has 26 heavy (non-hydrogen) atoms. The largest absolute Gasteiger partial charge is 0.494 e. The van der Waals surface area contributed by atoms with Crippen LogP contribution < -0.4 is 9.64 Å². The van der Waals surface area contributed by atoms with E-state index in [1.807, 2.05) is 50.3 Å². The molecule has 0 N–H and O–H groups in total. The van der Waals surface area contributed by atoms with Crippen molar-refractivity contribution in [1.29, 1.82) is 0 Å². The molecule has 0 aliphatic carbocycles. The molecule has 3 rings (SSSR count). The molecule has 7 heteroatoms. The van der Waals surface area contributed by atoms with Gasteiger partial charge in [-0.25, -0.2) is 0 Å². The van der Waals surface area contributed by atoms with Crippen molar-refractivity contribution in [1.82, 2.24) is 0 Å². The van der Waals surface area contributed by atoms with Gasteiger partial charge < -0.3 is 4.74 Å². The lowest BCUT2D eigenvalue weighted by Crippen LogP contribution is -2.27. The summed E-state index contributed by atoms with van der Waals surface area (Å²) in [6.45, 7) is 4.07. The maximum Gasteiger partial charge on any atom is 0.270 e. The highest BCUT2D eigenvalue weighted by Crippen LogP contribution is 2.39. The van der Waals surface area contributed by atoms with Gasteiger partial charge in [-0.15, -0.1) is 0 Å². The molecule has 0 radical (unpaired) electrons. The predicted octanol–water partition coefficient (Wildman–Crippen LogP) is 6.24. The Morgan fingerprint density at radius 2 is 1.77 bits per heavy atom. The van der Waals surface area contributed by atoms with Crippen molar-refractivity contribution in [3.05, 3.63) is 60.9 Å². The fourth-order valence-electron chi connectivity index (χ4n) is 2.56. The zero-order chi connectivity index (χ0) is 19.0. The van der Waals surface area contributed by atoms with Crippen molar-refractivity contribution in [2.45, 2.75) is 13.8 Å². The molecule has 0 bridgehead atoms. The first-order valence-corrected chi connectivity index (χ1v) is 10.5. The molecule has 0 saturated carbocycles. The van der Waals surface area contributed by atoms with E-state index in [0.717, 1.165) is 25.8 Å². The van der Waals surface area contributed by atoms with E-state index in [-0.39, 0.29) is 5.91 Å². The van der Waals surface area contributed by atoms with Crippen molar-refractivity contribution < 1.29 is 9.53 Å². The van der Waals surface area contributed by atoms with Gasteiger partial charge in [-0.2, -0.15) is 0 Å². The number of aryl methyl sites for hydroxylation is 2. The SMILES string of the molecule is COc1c(Br)cc(C=C2SC(=S)N(c3ccc(C)c(C)c3)C2=O)cc1Br. The lowest BCUT2D eigenvalue weighted by Gasteiger charge is -2.16. The summed E-state index contributed by atoms with van der Waals surface area (Å²) >= 11 is 13.7. The number of thiocarbonyl (C=S) groups is 1. The number of methoxy groups -OCH3 is 1. The Morgan fingerprint density at radius 1 is 1.12 bits per heavy atom. The van der Waals surface area contributed by atoms with E-state index < -0.39 is 0 Å². The second-order valence-electron chi connectivity index (χ2n) is 5.80. The van der Waals surface area contributed by atoms with Gasteiger partial charge in [0.2, 0.25) is 0 Å². The quantitative estimate of drug-likeness (QED) is 0.359. The van der Waals surface area contributed by atoms with Crippen molar-refractivity contribution in [3.63, 3.8) is 0 Å². The van der Waals surface area contributed by atoms with Crippen LogP contribution in [0.3, 0.4) is 0 Å². The molecule has 1 heterocycles. The maximum absolute atomic E-state index is 12.9. The molecule has 2 aromatic carbocycles. The summed E-state index contributed by atoms with van der Waals surface area (Å²) < 4.78 is 7.48. The number of amides is 1. The van der Waals surface area contributed by atoms with Crippen molar-refractivity contribution >= 4 is 77.8 Å². The Kier molecular flexibility index (Phi) is 5.91. The molecule has 0 spiro atoms. The van der Waals surface area contributed by atoms with E-state index in [1.165, 1.54) is 17.3 Å². The number of anilines is 1. The molecule has 1 fully saturated rings. The van der Waals surface area contributed by atoms with Gasteiger partial charge in [0.25, 0.3) is 5.91 Å². The average molecular weight is 513 g/mol. The molecule has 3 nitrogen and oxygen atoms in total. The van der Waals surface area contributed by atoms with Crippen LogP contribution in [0.2, 0.25) is 0 Å². The summed E-state index contributed by atoms with van der Waals surface area (Å²) in [6, 6.07) is 9.74. The minimum atomic E-state index is -0.105. The Hall–Kier alpha value is -1.15. The van der Waals surface area contributed by atoms with Gasteiger partial charge in [0.05, 0.1) is 26.6 Å². The first-order chi connectivity index (χ1) is 12.3. The maximum atomic E-state index is 12.9. The number of nitrogens with zero attached hydrogens (tertiary/aromatic N) is 1. The molecular weight excluding hydrogens is 498 g/mol. The van der Waals surface area contributed by atoms with Crippen LogP contribution in [0.5, 0.6) is 5.75 Å². The van der Waals surface area contributed by atoms with Crippen molar-refractivity contribution in [3.8, 4) is 5.75 Å². The highest BCUT2D eigenvalue weighted by atomic mass is 79.9. The second-order valence-corrected chi connectivity index (χ2v) is 9.19. The molecule has 0 aromatic heterocycles. The third-order valence-corrected chi connectivity index (χ3v) is 6.55. The van der Waals surface area contributed by atoms with Crippen LogP contribution in [0.4, 0.5) is 5.69 Å². The van der Waals surface area contributed by atoms with E-state index in [0.29, 0.717) is 15.0 Å². The van der Waals surface area contributed by atoms with E-state index >= 15 is 0 Å². The number of thioether (sulfide) groups is 1. The summed E-state index contributed by atoms with van der Waals surface area (Å²) in [5, 5.41) is 0. The summed E-state index contributed by atoms with van der Waals surface area (Å²) in [4.78, 5) is 15.1. The van der Waals surface area contributed by atoms with Gasteiger partial charge in [-0.05, 0) is 92.7 Å². The number of rotatable bonds is 3. The topological polar surface area (TPSA) is 29.5 Å². The highest BCUT2D eigenvalue weighted by molar-refractivity contribution is 9.11. The monoisotopic (exact) mass is 511 g/mol. The standard InChI is InChI=1S/C19H15Br2NO2S2/c1-10-4-5-13(6-11(10)2)22-18(23)16(26-19(22)25)9-12-7-14(20)17(24-3)15(21)8-12/h4-9H,1-3H3. The summed E-state index contributed by atoms with van der Waals surface area (Å²) in [5.74, 6) is 0.608. The van der Waals surface area contributed by atoms with Gasteiger partial charge >= 0.3 is 0 Å². The van der Waals surface area contributed by atoms with Crippen LogP contribution in [-0.4, -0.2) is 17.3 Å². The number of hydrogen-bond donors (Lipinski definition) is 0. The number of benzene rings is 2. The van der Waals surface area contributed by atoms with E-state index in [4.69, 9.17) is 17.0 Å². The fraction of sp³-hybridized carbons (Fsp3) is 0.158. The van der Waals surface area contributed by atoms with E-state index in [2.05, 4.69) is 31.9 Å². The van der Waals surface area contributed by atoms with Crippen LogP contribution >= 0.6 is 55.8 Å². The Labute approximate surface area is 179 Å². The number of ether oxygens (including phenoxy) is 1. The molecule has 1 aliphatic heterocycles. The van der Waals surface area contributed by atoms with Crippen LogP contribution in [-0.2, 0) is 4.79 Å². The molecule has 134 valence electrons. The molecular formula is C19H15Br2NO2S2. The van der Waals surface area contributed by atoms with Gasteiger partial charge in [0.1, 0.15) is 5.75 Å². The van der Waals surface area contributed by atoms with Gasteiger partial charge in [-0.3, -0.25) is 9.69 Å². The fourth-order valence-corrected chi connectivity index (χ4v) is 5.41. The lowest BCUT2D eigenvalue weighted by atomic mass is 10.1. The molecule has 0 atom stereocenters. The second kappa shape index (κ2) is 7.84. The minimum Gasteiger partial charge on any atom is -0.494 e. The Bertz CT molecular complexity index is 934. The van der Waals surface area contributed by atoms with Crippen LogP contribution in [0.1, 0.15) is 16.7 Å². The molecule has 1 saturated heterocycles. The molecule has 0 unspecified atom stereocenters. The third kappa shape index (κ3) is 3.76. The van der Waals surface area contributed by atoms with E-state index in [1.54, 1.807) is 12.0 Å². The average Bonchev–Trinajstić information content (AvgIpc) is 2.84. The number of carbonyl (C=O) groups is 1. The van der Waals surface area contributed by atoms with Crippen LogP contribution in [0, 0.1) is 13.8 Å². The Morgan fingerprint density at radius 3 is 2.35 bits per heavy atom. The van der Waals surface area contributed by atoms with E-state index in [9.17, 15) is 4.79 Å². The zero-order valence-electron chi connectivity index (χ0n) is 14.3. The number of halogens is 2. The molecule has 1 amide bonds. The van der Waals surface area contributed by atoms with Crippen molar-refractivity contribution in [2.24, 2.45) is 0 Å². The highest BCUT2D eigenvalue weighted by Gasteiger charge is 2.33. The predicted molar refractivity (Wildman–Crippen MR) is 120 cm³/mol. The lowest BCUT2D eigenvalue weighted by molar-refractivity contribution is -0.113. The van der Waals surface area contributed by atoms with Gasteiger partial charge in [0.15, 0.2) is 4.32 Å². The first kappa shape index (κ1) is 19.6. The van der Waals surface area contributed by atoms with Crippen LogP contribution in [0.15, 0.2) is 44.2 Å². The minimum absolute atomic E-state index is 0.105. The van der Waals surface area contributed by atoms with Crippen LogP contribution in [0.25, 0.3) is 6.08 Å². The normalized spacial score (nSPS) is 15.9. The number of hydrogen-bond acceptors (Lipinski definition) is 4. The van der Waals surface area contributed by atoms with Crippen molar-refractivity contribution in [2.75, 3.05) is 12.0 Å². The third-order valence-electron chi connectivity index (χ3n) is 4.06. The summed E-state index contributed by atoms with van der Waals surface area (Å²) in [7, 11) is 1.61. The Balaban J connectivity index is 1.96. The van der Waals surface area contributed by atoms with Gasteiger partial charge in [-0.1, -0.05) is 30.0 Å². The van der Waals surface area contributed by atoms with Gasteiger partial charge in [0, 0.05) is 0 Å². The molecule has 2 aromatic rings. The first-order valence-electron chi connectivity index (χ1n) is 7.70. The summed E-state index contributed by atoms with van der Waals surface area (Å²) in [6.07, 6.45) is 1.84. The smallest absolute Gasteiger partial charge is 0.270 e. The number of carbonyl (C=O) groups excluding carboxylic acids is 1.